The summed E-state index contributed by atoms with van der Waals surface area (Å²) >= 11 is 0. The van der Waals surface area contributed by atoms with E-state index in [0.29, 0.717) is 5.69 Å². The van der Waals surface area contributed by atoms with Crippen molar-refractivity contribution in [3.63, 3.8) is 0 Å². The lowest BCUT2D eigenvalue weighted by molar-refractivity contribution is 0.222. The van der Waals surface area contributed by atoms with Gasteiger partial charge in [-0.2, -0.15) is 0 Å². The minimum absolute atomic E-state index is 0.128. The molecule has 0 saturated carbocycles. The summed E-state index contributed by atoms with van der Waals surface area (Å²) in [6, 6.07) is 4.74. The largest absolute Gasteiger partial charge is 0.329 e. The fourth-order valence-corrected chi connectivity index (χ4v) is 2.96. The Morgan fingerprint density at radius 1 is 1.44 bits per heavy atom. The number of hydrogen-bond donors (Lipinski definition) is 2. The van der Waals surface area contributed by atoms with E-state index < -0.39 is 0 Å². The van der Waals surface area contributed by atoms with E-state index in [4.69, 9.17) is 0 Å². The number of urea groups is 1. The van der Waals surface area contributed by atoms with E-state index in [0.717, 1.165) is 24.9 Å². The molecule has 2 aliphatic heterocycles. The fourth-order valence-electron chi connectivity index (χ4n) is 2.96. The first-order chi connectivity index (χ1) is 8.66. The number of benzene rings is 1. The molecule has 2 atom stereocenters. The van der Waals surface area contributed by atoms with Crippen molar-refractivity contribution in [2.45, 2.75) is 24.9 Å². The normalized spacial score (nSPS) is 27.6. The number of likely N-dealkylation sites (tertiary alicyclic amines) is 1. The van der Waals surface area contributed by atoms with Crippen LogP contribution in [0.15, 0.2) is 18.2 Å². The summed E-state index contributed by atoms with van der Waals surface area (Å²) in [5.74, 6) is -0.368. The van der Waals surface area contributed by atoms with E-state index >= 15 is 0 Å². The highest BCUT2D eigenvalue weighted by atomic mass is 19.1. The Bertz CT molecular complexity index is 491. The molecule has 0 bridgehead atoms. The van der Waals surface area contributed by atoms with Gasteiger partial charge in [-0.1, -0.05) is 12.1 Å². The van der Waals surface area contributed by atoms with Crippen LogP contribution in [0.25, 0.3) is 0 Å². The van der Waals surface area contributed by atoms with Gasteiger partial charge in [-0.05, 0) is 32.5 Å². The second-order valence-electron chi connectivity index (χ2n) is 4.97. The topological polar surface area (TPSA) is 44.4 Å². The van der Waals surface area contributed by atoms with Crippen LogP contribution in [0.1, 0.15) is 24.4 Å². The second-order valence-corrected chi connectivity index (χ2v) is 4.97. The molecule has 0 aliphatic carbocycles. The Hall–Kier alpha value is -1.62. The zero-order valence-corrected chi connectivity index (χ0v) is 10.2. The number of nitrogens with one attached hydrogen (secondary N) is 2. The lowest BCUT2D eigenvalue weighted by Crippen LogP contribution is -2.46. The van der Waals surface area contributed by atoms with Crippen molar-refractivity contribution in [3.05, 3.63) is 29.6 Å². The average Bonchev–Trinajstić information content (AvgIpc) is 2.76. The molecule has 0 radical (unpaired) electrons. The predicted molar refractivity (Wildman–Crippen MR) is 66.9 cm³/mol. The minimum atomic E-state index is -0.368. The van der Waals surface area contributed by atoms with E-state index in [2.05, 4.69) is 15.5 Å². The number of fused-ring (bicyclic) bond motifs is 1. The number of likely N-dealkylation sites (N-methyl/N-ethyl adjacent to an activating group) is 1. The number of hydrogen-bond acceptors (Lipinski definition) is 2. The minimum Gasteiger partial charge on any atom is -0.329 e. The third-order valence-corrected chi connectivity index (χ3v) is 3.87. The highest BCUT2D eigenvalue weighted by molar-refractivity contribution is 5.93. The fraction of sp³-hybridized carbons (Fsp3) is 0.462. The van der Waals surface area contributed by atoms with Gasteiger partial charge in [0.05, 0.1) is 11.7 Å². The van der Waals surface area contributed by atoms with Crippen molar-refractivity contribution in [2.75, 3.05) is 18.9 Å². The number of para-hydroxylation sites is 1. The zero-order chi connectivity index (χ0) is 12.7. The van der Waals surface area contributed by atoms with Crippen LogP contribution in [0.5, 0.6) is 0 Å². The smallest absolute Gasteiger partial charge is 0.319 e. The van der Waals surface area contributed by atoms with E-state index in [1.54, 1.807) is 6.07 Å². The molecule has 2 aliphatic rings. The molecule has 1 fully saturated rings. The summed E-state index contributed by atoms with van der Waals surface area (Å²) in [5.41, 5.74) is 1.17. The van der Waals surface area contributed by atoms with Crippen LogP contribution in [0.3, 0.4) is 0 Å². The number of rotatable bonds is 1. The zero-order valence-electron chi connectivity index (χ0n) is 10.2. The second kappa shape index (κ2) is 4.24. The molecule has 1 aromatic carbocycles. The van der Waals surface area contributed by atoms with Crippen LogP contribution in [-0.4, -0.2) is 30.6 Å². The number of carbonyl (C=O) groups is 1. The Morgan fingerprint density at radius 3 is 3.00 bits per heavy atom. The summed E-state index contributed by atoms with van der Waals surface area (Å²) < 4.78 is 13.7. The highest BCUT2D eigenvalue weighted by Gasteiger charge is 2.36. The maximum atomic E-state index is 13.7. The van der Waals surface area contributed by atoms with Crippen molar-refractivity contribution < 1.29 is 9.18 Å². The van der Waals surface area contributed by atoms with Crippen molar-refractivity contribution in [1.29, 1.82) is 0 Å². The van der Waals surface area contributed by atoms with E-state index in [-0.39, 0.29) is 23.9 Å². The predicted octanol–water partition coefficient (Wildman–Crippen LogP) is 2.10. The van der Waals surface area contributed by atoms with Gasteiger partial charge in [-0.3, -0.25) is 0 Å². The summed E-state index contributed by atoms with van der Waals surface area (Å²) in [6.07, 6.45) is 2.14. The molecular formula is C13H16FN3O. The van der Waals surface area contributed by atoms with Gasteiger partial charge in [0.1, 0.15) is 5.82 Å². The van der Waals surface area contributed by atoms with E-state index in [1.165, 1.54) is 6.07 Å². The first kappa shape index (κ1) is 11.5. The van der Waals surface area contributed by atoms with Gasteiger partial charge in [0, 0.05) is 11.6 Å². The number of halogens is 1. The number of carbonyl (C=O) groups excluding carboxylic acids is 1. The number of amides is 2. The molecule has 2 N–H and O–H groups in total. The van der Waals surface area contributed by atoms with E-state index in [9.17, 15) is 9.18 Å². The van der Waals surface area contributed by atoms with Gasteiger partial charge in [-0.15, -0.1) is 0 Å². The number of anilines is 1. The van der Waals surface area contributed by atoms with Gasteiger partial charge in [0.2, 0.25) is 0 Å². The van der Waals surface area contributed by atoms with Gasteiger partial charge in [0.15, 0.2) is 0 Å². The Morgan fingerprint density at radius 2 is 2.28 bits per heavy atom. The van der Waals surface area contributed by atoms with Crippen LogP contribution < -0.4 is 10.6 Å². The summed E-state index contributed by atoms with van der Waals surface area (Å²) in [4.78, 5) is 13.9. The van der Waals surface area contributed by atoms with Gasteiger partial charge in [0.25, 0.3) is 0 Å². The maximum Gasteiger partial charge on any atom is 0.319 e. The molecular weight excluding hydrogens is 233 g/mol. The Kier molecular flexibility index (Phi) is 2.70. The van der Waals surface area contributed by atoms with Crippen LogP contribution in [0.4, 0.5) is 14.9 Å². The third kappa shape index (κ3) is 1.75. The molecule has 2 unspecified atom stereocenters. The average molecular weight is 249 g/mol. The SMILES string of the molecule is CN1CCCC1C1NC(=O)Nc2c(F)cccc21. The first-order valence-corrected chi connectivity index (χ1v) is 6.23. The van der Waals surface area contributed by atoms with Crippen molar-refractivity contribution in [1.82, 2.24) is 10.2 Å². The summed E-state index contributed by atoms with van der Waals surface area (Å²) in [7, 11) is 2.05. The van der Waals surface area contributed by atoms with Gasteiger partial charge < -0.3 is 15.5 Å². The molecule has 0 spiro atoms. The van der Waals surface area contributed by atoms with Crippen LogP contribution in [-0.2, 0) is 0 Å². The van der Waals surface area contributed by atoms with Crippen molar-refractivity contribution in [3.8, 4) is 0 Å². The third-order valence-electron chi connectivity index (χ3n) is 3.87. The van der Waals surface area contributed by atoms with Crippen LogP contribution in [0, 0.1) is 5.82 Å². The van der Waals surface area contributed by atoms with Gasteiger partial charge >= 0.3 is 6.03 Å². The van der Waals surface area contributed by atoms with Gasteiger partial charge in [-0.25, -0.2) is 9.18 Å². The molecule has 96 valence electrons. The lowest BCUT2D eigenvalue weighted by Gasteiger charge is -2.34. The quantitative estimate of drug-likeness (QED) is 0.800. The Balaban J connectivity index is 2.02. The molecule has 3 rings (SSSR count). The standard InChI is InChI=1S/C13H16FN3O/c1-17-7-3-6-10(17)12-8-4-2-5-9(14)11(8)15-13(18)16-12/h2,4-5,10,12H,3,6-7H2,1H3,(H2,15,16,18). The molecule has 2 heterocycles. The molecule has 0 aromatic heterocycles. The monoisotopic (exact) mass is 249 g/mol. The molecule has 1 aromatic rings. The Labute approximate surface area is 105 Å². The first-order valence-electron chi connectivity index (χ1n) is 6.23. The van der Waals surface area contributed by atoms with E-state index in [1.807, 2.05) is 13.1 Å². The summed E-state index contributed by atoms with van der Waals surface area (Å²) in [5, 5.41) is 5.47. The molecule has 18 heavy (non-hydrogen) atoms. The molecule has 1 saturated heterocycles. The van der Waals surface area contributed by atoms with Crippen LogP contribution >= 0.6 is 0 Å². The van der Waals surface area contributed by atoms with Crippen molar-refractivity contribution >= 4 is 11.7 Å². The van der Waals surface area contributed by atoms with Crippen molar-refractivity contribution in [2.24, 2.45) is 0 Å². The molecule has 5 heteroatoms. The lowest BCUT2D eigenvalue weighted by atomic mass is 9.94. The summed E-state index contributed by atoms with van der Waals surface area (Å²) in [6.45, 7) is 1.02. The highest BCUT2D eigenvalue weighted by Crippen LogP contribution is 2.35. The molecule has 2 amide bonds. The molecule has 4 nitrogen and oxygen atoms in total. The van der Waals surface area contributed by atoms with Crippen LogP contribution in [0.2, 0.25) is 0 Å². The maximum absolute atomic E-state index is 13.7. The number of nitrogens with zero attached hydrogens (tertiary/aromatic N) is 1.